The van der Waals surface area contributed by atoms with Crippen LogP contribution < -0.4 is 4.74 Å². The third-order valence-electron chi connectivity index (χ3n) is 3.56. The van der Waals surface area contributed by atoms with Crippen molar-refractivity contribution in [2.45, 2.75) is 27.7 Å². The number of rotatable bonds is 4. The molecular formula is C19H19BO3. The molecule has 0 N–H and O–H groups in total. The molecule has 2 aromatic rings. The molecule has 0 unspecified atom stereocenters. The molecule has 0 spiro atoms. The number of ether oxygens (including phenoxy) is 1. The Morgan fingerprint density at radius 1 is 1.00 bits per heavy atom. The van der Waals surface area contributed by atoms with Gasteiger partial charge in [-0.1, -0.05) is 0 Å². The second-order valence-corrected chi connectivity index (χ2v) is 5.58. The second-order valence-electron chi connectivity index (χ2n) is 5.58. The van der Waals surface area contributed by atoms with Gasteiger partial charge in [0.15, 0.2) is 0 Å². The molecule has 0 atom stereocenters. The summed E-state index contributed by atoms with van der Waals surface area (Å²) in [5.41, 5.74) is 4.81. The monoisotopic (exact) mass is 306 g/mol. The molecule has 2 rings (SSSR count). The van der Waals surface area contributed by atoms with Crippen LogP contribution in [0.25, 0.3) is 12.2 Å². The normalized spacial score (nSPS) is 10.6. The molecule has 23 heavy (non-hydrogen) atoms. The molecule has 116 valence electrons. The number of carbonyl (C=O) groups is 2. The average molecular weight is 306 g/mol. The number of aryl methyl sites for hydroxylation is 2. The quantitative estimate of drug-likeness (QED) is 0.488. The van der Waals surface area contributed by atoms with Gasteiger partial charge in [-0.2, -0.15) is 0 Å². The van der Waals surface area contributed by atoms with Gasteiger partial charge in [-0.25, -0.2) is 0 Å². The molecule has 3 nitrogen and oxygen atoms in total. The summed E-state index contributed by atoms with van der Waals surface area (Å²) in [6, 6.07) is 5.57. The van der Waals surface area contributed by atoms with E-state index in [2.05, 4.69) is 0 Å². The molecule has 0 fully saturated rings. The SMILES string of the molecule is CC(=O)Oc1cc(C)c(/C=C/c2cbcc(C(C)=O)c2)c(C)c1. The van der Waals surface area contributed by atoms with Gasteiger partial charge in [0, 0.05) is 0 Å². The van der Waals surface area contributed by atoms with Crippen LogP contribution >= 0.6 is 0 Å². The van der Waals surface area contributed by atoms with E-state index >= 15 is 0 Å². The topological polar surface area (TPSA) is 43.4 Å². The Labute approximate surface area is 137 Å². The van der Waals surface area contributed by atoms with Crippen molar-refractivity contribution < 1.29 is 14.3 Å². The van der Waals surface area contributed by atoms with E-state index in [4.69, 9.17) is 4.74 Å². The van der Waals surface area contributed by atoms with Crippen LogP contribution in [0.15, 0.2) is 30.1 Å². The summed E-state index contributed by atoms with van der Waals surface area (Å²) in [6.45, 7) is 8.78. The van der Waals surface area contributed by atoms with Crippen molar-refractivity contribution in [3.05, 3.63) is 57.9 Å². The third-order valence-corrected chi connectivity index (χ3v) is 3.56. The fourth-order valence-electron chi connectivity index (χ4n) is 2.46. The first-order chi connectivity index (χ1) is 10.9. The van der Waals surface area contributed by atoms with E-state index in [-0.39, 0.29) is 11.8 Å². The van der Waals surface area contributed by atoms with Crippen LogP contribution in [-0.4, -0.2) is 18.7 Å². The number of hydrogen-bond donors (Lipinski definition) is 0. The first kappa shape index (κ1) is 16.9. The third kappa shape index (κ3) is 4.49. The molecule has 0 aliphatic carbocycles. The van der Waals surface area contributed by atoms with Crippen molar-refractivity contribution in [2.24, 2.45) is 0 Å². The number of hydrogen-bond acceptors (Lipinski definition) is 3. The van der Waals surface area contributed by atoms with Crippen molar-refractivity contribution in [3.63, 3.8) is 0 Å². The summed E-state index contributed by atoms with van der Waals surface area (Å²) >= 11 is 0. The maximum atomic E-state index is 11.4. The number of Topliss-reactive ketones (excluding diaryl/α,β-unsaturated/α-hetero) is 1. The summed E-state index contributed by atoms with van der Waals surface area (Å²) < 4.78 is 5.14. The van der Waals surface area contributed by atoms with E-state index in [1.807, 2.05) is 63.0 Å². The van der Waals surface area contributed by atoms with Crippen LogP contribution in [-0.2, 0) is 4.79 Å². The Hall–Kier alpha value is -2.49. The van der Waals surface area contributed by atoms with E-state index in [0.717, 1.165) is 22.3 Å². The number of esters is 1. The molecule has 0 amide bonds. The first-order valence-corrected chi connectivity index (χ1v) is 7.45. The molecule has 1 aromatic carbocycles. The predicted molar refractivity (Wildman–Crippen MR) is 93.9 cm³/mol. The summed E-state index contributed by atoms with van der Waals surface area (Å²) in [6.07, 6.45) is 3.99. The Bertz CT molecular complexity index is 768. The molecule has 0 saturated heterocycles. The number of ketones is 1. The van der Waals surface area contributed by atoms with E-state index in [1.165, 1.54) is 6.92 Å². The average Bonchev–Trinajstić information content (AvgIpc) is 2.46. The molecule has 0 aliphatic rings. The van der Waals surface area contributed by atoms with Crippen molar-refractivity contribution in [2.75, 3.05) is 0 Å². The second kappa shape index (κ2) is 7.18. The molecule has 1 aromatic heterocycles. The van der Waals surface area contributed by atoms with Gasteiger partial charge in [0.05, 0.1) is 0 Å². The van der Waals surface area contributed by atoms with Gasteiger partial charge in [-0.15, -0.1) is 0 Å². The minimum atomic E-state index is -0.326. The predicted octanol–water partition coefficient (Wildman–Crippen LogP) is 3.94. The van der Waals surface area contributed by atoms with Crippen LogP contribution in [0, 0.1) is 13.8 Å². The zero-order chi connectivity index (χ0) is 17.0. The number of carbonyl (C=O) groups excluding carboxylic acids is 2. The van der Waals surface area contributed by atoms with Crippen molar-refractivity contribution in [3.8, 4) is 5.75 Å². The van der Waals surface area contributed by atoms with Gasteiger partial charge >= 0.3 is 137 Å². The molecule has 0 aliphatic heterocycles. The zero-order valence-corrected chi connectivity index (χ0v) is 13.8. The molecule has 0 bridgehead atoms. The zero-order valence-electron chi connectivity index (χ0n) is 13.8. The molecular weight excluding hydrogens is 287 g/mol. The van der Waals surface area contributed by atoms with Gasteiger partial charge in [-0.3, -0.25) is 0 Å². The molecule has 1 heterocycles. The Kier molecular flexibility index (Phi) is 5.27. The number of benzene rings is 1. The minimum absolute atomic E-state index is 0.0540. The Balaban J connectivity index is 2.31. The van der Waals surface area contributed by atoms with Crippen molar-refractivity contribution in [1.82, 2.24) is 0 Å². The van der Waals surface area contributed by atoms with E-state index < -0.39 is 0 Å². The fraction of sp³-hybridized carbons (Fsp3) is 0.211. The first-order valence-electron chi connectivity index (χ1n) is 7.45. The van der Waals surface area contributed by atoms with E-state index in [0.29, 0.717) is 11.3 Å². The van der Waals surface area contributed by atoms with Crippen molar-refractivity contribution in [1.29, 1.82) is 0 Å². The summed E-state index contributed by atoms with van der Waals surface area (Å²) in [5, 5.41) is 0. The van der Waals surface area contributed by atoms with E-state index in [1.54, 1.807) is 6.92 Å². The van der Waals surface area contributed by atoms with Crippen LogP contribution in [0.2, 0.25) is 0 Å². The van der Waals surface area contributed by atoms with Crippen molar-refractivity contribution >= 4 is 30.8 Å². The van der Waals surface area contributed by atoms with Crippen LogP contribution in [0.4, 0.5) is 0 Å². The Morgan fingerprint density at radius 2 is 1.65 bits per heavy atom. The fourth-order valence-corrected chi connectivity index (χ4v) is 2.46. The summed E-state index contributed by atoms with van der Waals surface area (Å²) in [5.74, 6) is 4.06. The van der Waals surface area contributed by atoms with E-state index in [9.17, 15) is 9.59 Å². The van der Waals surface area contributed by atoms with Crippen LogP contribution in [0.3, 0.4) is 0 Å². The standard InChI is InChI=1S/C19H19BO3/c1-12-7-18(23-15(4)22)8-13(2)19(12)6-5-16-9-17(14(3)21)11-20-10-16/h5-11H,1-4H3/b6-5+. The molecule has 0 radical (unpaired) electrons. The van der Waals surface area contributed by atoms with Gasteiger partial charge in [0.25, 0.3) is 0 Å². The van der Waals surface area contributed by atoms with Gasteiger partial charge in [-0.05, 0) is 0 Å². The Morgan fingerprint density at radius 3 is 2.22 bits per heavy atom. The summed E-state index contributed by atoms with van der Waals surface area (Å²) in [7, 11) is 0. The van der Waals surface area contributed by atoms with Gasteiger partial charge in [0.2, 0.25) is 0 Å². The van der Waals surface area contributed by atoms with Gasteiger partial charge in [0.1, 0.15) is 0 Å². The molecule has 4 heteroatoms. The van der Waals surface area contributed by atoms with Crippen LogP contribution in [0.5, 0.6) is 5.75 Å². The summed E-state index contributed by atoms with van der Waals surface area (Å²) in [4.78, 5) is 22.5. The van der Waals surface area contributed by atoms with Gasteiger partial charge < -0.3 is 0 Å². The molecule has 0 saturated carbocycles. The van der Waals surface area contributed by atoms with Crippen LogP contribution in [0.1, 0.15) is 46.5 Å². The maximum absolute atomic E-state index is 11.4.